The molecule has 5 rings (SSSR count). The molecule has 0 spiro atoms. The summed E-state index contributed by atoms with van der Waals surface area (Å²) in [4.78, 5) is 0.292. The first kappa shape index (κ1) is 25.7. The second kappa shape index (κ2) is 9.40. The predicted molar refractivity (Wildman–Crippen MR) is 137 cm³/mol. The van der Waals surface area contributed by atoms with Gasteiger partial charge in [0.1, 0.15) is 16.1 Å². The second-order valence-corrected chi connectivity index (χ2v) is 11.9. The fraction of sp³-hybridized carbons (Fsp3) is 0.261. The molecule has 1 saturated carbocycles. The monoisotopic (exact) mass is 590 g/mol. The number of nitrogens with zero attached hydrogens (tertiary/aromatic N) is 4. The van der Waals surface area contributed by atoms with Gasteiger partial charge < -0.3 is 0 Å². The van der Waals surface area contributed by atoms with Gasteiger partial charge in [0.15, 0.2) is 5.01 Å². The lowest BCUT2D eigenvalue weighted by Gasteiger charge is -2.40. The molecule has 188 valence electrons. The van der Waals surface area contributed by atoms with Crippen molar-refractivity contribution in [2.45, 2.75) is 35.7 Å². The molecule has 2 aromatic carbocycles. The van der Waals surface area contributed by atoms with Gasteiger partial charge in [0, 0.05) is 21.9 Å². The Balaban J connectivity index is 1.75. The molecule has 0 aliphatic heterocycles. The Morgan fingerprint density at radius 2 is 1.69 bits per heavy atom. The molecular weight excluding hydrogens is 576 g/mol. The third-order valence-corrected chi connectivity index (χ3v) is 9.06. The average Bonchev–Trinajstić information content (AvgIpc) is 3.38. The van der Waals surface area contributed by atoms with E-state index in [1.54, 1.807) is 42.5 Å². The number of aromatic nitrogens is 4. The Kier molecular flexibility index (Phi) is 6.70. The molecule has 1 fully saturated rings. The molecule has 0 saturated heterocycles. The van der Waals surface area contributed by atoms with Gasteiger partial charge in [0.2, 0.25) is 0 Å². The predicted octanol–water partition coefficient (Wildman–Crippen LogP) is 7.74. The Hall–Kier alpha value is -1.98. The van der Waals surface area contributed by atoms with Crippen molar-refractivity contribution in [2.24, 2.45) is 0 Å². The van der Waals surface area contributed by atoms with E-state index in [2.05, 4.69) is 15.3 Å². The molecule has 36 heavy (non-hydrogen) atoms. The summed E-state index contributed by atoms with van der Waals surface area (Å²) in [5.74, 6) is 0. The maximum atomic E-state index is 13.9. The van der Waals surface area contributed by atoms with E-state index in [4.69, 9.17) is 34.8 Å². The molecular formula is C23H16Cl3F3N4OS2. The Morgan fingerprint density at radius 1 is 1.03 bits per heavy atom. The van der Waals surface area contributed by atoms with Crippen molar-refractivity contribution in [2.75, 3.05) is 6.26 Å². The van der Waals surface area contributed by atoms with E-state index in [0.717, 1.165) is 11.3 Å². The van der Waals surface area contributed by atoms with E-state index in [-0.39, 0.29) is 33.6 Å². The molecule has 1 aliphatic carbocycles. The zero-order chi connectivity index (χ0) is 25.8. The molecule has 13 heteroatoms. The van der Waals surface area contributed by atoms with Crippen LogP contribution >= 0.6 is 46.1 Å². The van der Waals surface area contributed by atoms with Crippen LogP contribution in [0.15, 0.2) is 47.4 Å². The van der Waals surface area contributed by atoms with Crippen molar-refractivity contribution < 1.29 is 17.4 Å². The topological polar surface area (TPSA) is 60.7 Å². The third-order valence-electron chi connectivity index (χ3n) is 6.17. The van der Waals surface area contributed by atoms with Crippen molar-refractivity contribution in [3.63, 3.8) is 0 Å². The van der Waals surface area contributed by atoms with E-state index in [1.807, 2.05) is 0 Å². The minimum Gasteiger partial charge on any atom is -0.254 e. The van der Waals surface area contributed by atoms with Crippen LogP contribution in [0.5, 0.6) is 0 Å². The van der Waals surface area contributed by atoms with E-state index in [9.17, 15) is 17.4 Å². The molecule has 0 N–H and O–H groups in total. The Bertz CT molecular complexity index is 1480. The molecule has 0 radical (unpaired) electrons. The van der Waals surface area contributed by atoms with Gasteiger partial charge in [-0.3, -0.25) is 4.21 Å². The average molecular weight is 592 g/mol. The molecule has 1 unspecified atom stereocenters. The number of rotatable bonds is 5. The van der Waals surface area contributed by atoms with Crippen molar-refractivity contribution in [1.29, 1.82) is 0 Å². The largest absolute Gasteiger partial charge is 0.400 e. The summed E-state index contributed by atoms with van der Waals surface area (Å²) < 4.78 is 56.3. The summed E-state index contributed by atoms with van der Waals surface area (Å²) in [6.07, 6.45) is -2.59. The van der Waals surface area contributed by atoms with E-state index >= 15 is 0 Å². The standard InChI is InChI=1S/C23H16Cl3F3N4OS2/c1-36(34)19-17(20-30-31-21(35-20)22(9-2-10-22)23(27,28)29)32-33(16-8-7-14(25)11-15(16)26)18(19)12-3-5-13(24)6-4-12/h3-8,11H,2,9-10H2,1H3. The molecule has 2 heterocycles. The van der Waals surface area contributed by atoms with Crippen LogP contribution in [0.4, 0.5) is 13.2 Å². The first-order chi connectivity index (χ1) is 17.0. The Labute approximate surface area is 225 Å². The first-order valence-corrected chi connectivity index (χ1v) is 14.1. The zero-order valence-corrected chi connectivity index (χ0v) is 22.3. The molecule has 1 aliphatic rings. The molecule has 0 bridgehead atoms. The lowest BCUT2D eigenvalue weighted by Crippen LogP contribution is -2.47. The highest BCUT2D eigenvalue weighted by Gasteiger charge is 2.61. The minimum atomic E-state index is -4.44. The minimum absolute atomic E-state index is 0.0391. The molecule has 0 amide bonds. The van der Waals surface area contributed by atoms with Crippen LogP contribution in [0.3, 0.4) is 0 Å². The number of hydrogen-bond acceptors (Lipinski definition) is 5. The number of benzene rings is 2. The summed E-state index contributed by atoms with van der Waals surface area (Å²) in [6.45, 7) is 0. The summed E-state index contributed by atoms with van der Waals surface area (Å²) in [5.41, 5.74) is -0.315. The molecule has 5 nitrogen and oxygen atoms in total. The quantitative estimate of drug-likeness (QED) is 0.238. The van der Waals surface area contributed by atoms with Crippen molar-refractivity contribution in [3.05, 3.63) is 62.5 Å². The first-order valence-electron chi connectivity index (χ1n) is 10.6. The highest BCUT2D eigenvalue weighted by Crippen LogP contribution is 2.55. The van der Waals surface area contributed by atoms with Gasteiger partial charge in [-0.15, -0.1) is 10.2 Å². The van der Waals surface area contributed by atoms with Gasteiger partial charge in [0.25, 0.3) is 0 Å². The van der Waals surface area contributed by atoms with Crippen molar-refractivity contribution in [3.8, 4) is 27.6 Å². The normalized spacial score (nSPS) is 16.1. The summed E-state index contributed by atoms with van der Waals surface area (Å²) in [5, 5.41) is 13.9. The van der Waals surface area contributed by atoms with Crippen molar-refractivity contribution >= 4 is 56.9 Å². The van der Waals surface area contributed by atoms with Gasteiger partial charge in [-0.1, -0.05) is 64.7 Å². The Morgan fingerprint density at radius 3 is 2.25 bits per heavy atom. The van der Waals surface area contributed by atoms with Gasteiger partial charge in [-0.2, -0.15) is 18.3 Å². The summed E-state index contributed by atoms with van der Waals surface area (Å²) in [6, 6.07) is 11.6. The molecule has 4 aromatic rings. The maximum Gasteiger partial charge on any atom is 0.400 e. The lowest BCUT2D eigenvalue weighted by molar-refractivity contribution is -0.212. The number of halogens is 6. The summed E-state index contributed by atoms with van der Waals surface area (Å²) >= 11 is 19.5. The zero-order valence-electron chi connectivity index (χ0n) is 18.4. The van der Waals surface area contributed by atoms with Gasteiger partial charge in [-0.25, -0.2) is 4.68 Å². The second-order valence-electron chi connectivity index (χ2n) is 8.34. The third kappa shape index (κ3) is 4.26. The summed E-state index contributed by atoms with van der Waals surface area (Å²) in [7, 11) is -1.61. The lowest BCUT2D eigenvalue weighted by atomic mass is 9.68. The van der Waals surface area contributed by atoms with Crippen LogP contribution in [0.1, 0.15) is 24.3 Å². The van der Waals surface area contributed by atoms with Gasteiger partial charge in [-0.05, 0) is 43.2 Å². The maximum absolute atomic E-state index is 13.9. The van der Waals surface area contributed by atoms with Crippen LogP contribution in [-0.2, 0) is 16.2 Å². The molecule has 2 aromatic heterocycles. The number of hydrogen-bond donors (Lipinski definition) is 0. The van der Waals surface area contributed by atoms with Crippen LogP contribution in [0, 0.1) is 0 Å². The van der Waals surface area contributed by atoms with Crippen molar-refractivity contribution in [1.82, 2.24) is 20.0 Å². The van der Waals surface area contributed by atoms with Crippen LogP contribution in [0.25, 0.3) is 27.6 Å². The highest BCUT2D eigenvalue weighted by molar-refractivity contribution is 7.84. The van der Waals surface area contributed by atoms with E-state index in [0.29, 0.717) is 38.3 Å². The van der Waals surface area contributed by atoms with Crippen LogP contribution < -0.4 is 0 Å². The van der Waals surface area contributed by atoms with Crippen LogP contribution in [0.2, 0.25) is 15.1 Å². The van der Waals surface area contributed by atoms with Crippen LogP contribution in [-0.4, -0.2) is 36.6 Å². The fourth-order valence-corrected chi connectivity index (χ4v) is 6.83. The van der Waals surface area contributed by atoms with Gasteiger partial charge in [0.05, 0.1) is 32.1 Å². The SMILES string of the molecule is CS(=O)c1c(-c2nnc(C3(C(F)(F)F)CCC3)s2)nn(-c2ccc(Cl)cc2Cl)c1-c1ccc(Cl)cc1. The molecule has 1 atom stereocenters. The number of alkyl halides is 3. The van der Waals surface area contributed by atoms with E-state index < -0.39 is 22.4 Å². The van der Waals surface area contributed by atoms with E-state index in [1.165, 1.54) is 10.9 Å². The van der Waals surface area contributed by atoms with Gasteiger partial charge >= 0.3 is 6.18 Å². The highest BCUT2D eigenvalue weighted by atomic mass is 35.5. The fourth-order valence-electron chi connectivity index (χ4n) is 4.17. The smallest absolute Gasteiger partial charge is 0.254 e.